The first-order valence-corrected chi connectivity index (χ1v) is 52.2. The van der Waals surface area contributed by atoms with Crippen molar-refractivity contribution in [1.82, 2.24) is 0 Å². The van der Waals surface area contributed by atoms with Gasteiger partial charge in [-0.05, 0) is 324 Å². The SMILES string of the molecule is C.C.C.C.CC.CC.CC.CC.CC.CC.CC.CC.CC.CC.CC.CC.CC.CC.CCc1ccccc1C1C[C@@H]2CC[C@H](c3c(CC)cccc3CC)C[C@H](C)C23[C@@H](C1)CC(c1c(CC)cccc1CC)C[C@H]3C.CCc1ccccc1C1C[C@H]2C[C@@H](c3c(CC)cccc3CC)C[C@@H](C)C2([C@@H](C)C[C@H](C)c2c(CC)cccc2CC)[C@@H](C)C1. The maximum absolute atomic E-state index is 2.73. The molecule has 16 atom stereocenters. The van der Waals surface area contributed by atoms with Gasteiger partial charge in [0.15, 0.2) is 0 Å². The van der Waals surface area contributed by atoms with Gasteiger partial charge in [0.05, 0.1) is 0 Å². The average molecular weight is 1690 g/mol. The highest BCUT2D eigenvalue weighted by Crippen LogP contribution is 2.70. The van der Waals surface area contributed by atoms with E-state index in [0.717, 1.165) is 106 Å². The molecule has 0 bridgehead atoms. The lowest BCUT2D eigenvalue weighted by molar-refractivity contribution is -0.112. The number of benzene rings is 6. The van der Waals surface area contributed by atoms with E-state index in [4.69, 9.17) is 0 Å². The van der Waals surface area contributed by atoms with Crippen LogP contribution in [0.2, 0.25) is 0 Å². The van der Waals surface area contributed by atoms with Gasteiger partial charge < -0.3 is 0 Å². The molecule has 0 saturated heterocycles. The van der Waals surface area contributed by atoms with Crippen LogP contribution in [0.4, 0.5) is 0 Å². The average Bonchev–Trinajstić information content (AvgIpc) is 1.10. The molecule has 0 N–H and O–H groups in total. The van der Waals surface area contributed by atoms with E-state index in [0.29, 0.717) is 52.3 Å². The molecular weight excluding hydrogens is 1470 g/mol. The first-order chi connectivity index (χ1) is 57.6. The monoisotopic (exact) mass is 1690 g/mol. The summed E-state index contributed by atoms with van der Waals surface area (Å²) < 4.78 is 0. The number of hydrogen-bond acceptors (Lipinski definition) is 0. The van der Waals surface area contributed by atoms with Crippen LogP contribution < -0.4 is 0 Å². The van der Waals surface area contributed by atoms with Crippen molar-refractivity contribution in [3.63, 3.8) is 0 Å². The van der Waals surface area contributed by atoms with Crippen LogP contribution in [-0.4, -0.2) is 0 Å². The van der Waals surface area contributed by atoms with Gasteiger partial charge in [-0.3, -0.25) is 0 Å². The van der Waals surface area contributed by atoms with Gasteiger partial charge in [-0.1, -0.05) is 456 Å². The van der Waals surface area contributed by atoms with Crippen LogP contribution in [0, 0.1) is 58.2 Å². The molecule has 6 aromatic rings. The largest absolute Gasteiger partial charge is 0.0776 e. The van der Waals surface area contributed by atoms with E-state index >= 15 is 0 Å². The molecule has 0 heterocycles. The van der Waals surface area contributed by atoms with Crippen molar-refractivity contribution in [2.24, 2.45) is 58.2 Å². The lowest BCUT2D eigenvalue weighted by Crippen LogP contribution is -2.54. The highest BCUT2D eigenvalue weighted by atomic mass is 14.7. The Labute approximate surface area is 774 Å². The van der Waals surface area contributed by atoms with E-state index in [1.54, 1.807) is 89.0 Å². The minimum Gasteiger partial charge on any atom is -0.0776 e. The molecule has 0 nitrogen and oxygen atoms in total. The molecule has 1 spiro atoms. The third-order valence-corrected chi connectivity index (χ3v) is 27.0. The van der Waals surface area contributed by atoms with Gasteiger partial charge in [0.25, 0.3) is 0 Å². The first-order valence-electron chi connectivity index (χ1n) is 52.2. The Morgan fingerprint density at radius 3 is 0.795 bits per heavy atom. The van der Waals surface area contributed by atoms with Crippen molar-refractivity contribution in [2.45, 2.75) is 511 Å². The van der Waals surface area contributed by atoms with Crippen molar-refractivity contribution in [2.75, 3.05) is 0 Å². The minimum atomic E-state index is 0. The predicted octanol–water partition coefficient (Wildman–Crippen LogP) is 42.0. The Hall–Kier alpha value is -4.68. The second-order valence-electron chi connectivity index (χ2n) is 30.8. The predicted molar refractivity (Wildman–Crippen MR) is 577 cm³/mol. The summed E-state index contributed by atoms with van der Waals surface area (Å²) in [5, 5.41) is 0. The van der Waals surface area contributed by atoms with Crippen molar-refractivity contribution in [1.29, 1.82) is 0 Å². The molecule has 0 aromatic heterocycles. The summed E-state index contributed by atoms with van der Waals surface area (Å²) in [6.45, 7) is 95.8. The van der Waals surface area contributed by atoms with Gasteiger partial charge in [-0.15, -0.1) is 0 Å². The van der Waals surface area contributed by atoms with E-state index < -0.39 is 0 Å². The zero-order valence-corrected chi connectivity index (χ0v) is 88.2. The van der Waals surface area contributed by atoms with E-state index in [2.05, 4.69) is 232 Å². The van der Waals surface area contributed by atoms with Gasteiger partial charge in [0, 0.05) is 0 Å². The van der Waals surface area contributed by atoms with Crippen molar-refractivity contribution < 1.29 is 0 Å². The molecule has 714 valence electrons. The van der Waals surface area contributed by atoms with Crippen LogP contribution in [0.15, 0.2) is 121 Å². The Kier molecular flexibility index (Phi) is 88.4. The first kappa shape index (κ1) is 135. The third kappa shape index (κ3) is 34.1. The molecule has 11 rings (SSSR count). The van der Waals surface area contributed by atoms with Crippen LogP contribution in [-0.2, 0) is 64.2 Å². The topological polar surface area (TPSA) is 0 Å². The van der Waals surface area contributed by atoms with E-state index in [9.17, 15) is 0 Å². The van der Waals surface area contributed by atoms with Crippen molar-refractivity contribution in [3.8, 4) is 0 Å². The zero-order valence-electron chi connectivity index (χ0n) is 88.2. The highest BCUT2D eigenvalue weighted by Gasteiger charge is 2.61. The second kappa shape index (κ2) is 79.7. The molecule has 5 unspecified atom stereocenters. The molecular formula is C122H226. The summed E-state index contributed by atoms with van der Waals surface area (Å²) in [6, 6.07) is 47.7. The molecule has 0 heteroatoms. The van der Waals surface area contributed by atoms with Crippen molar-refractivity contribution >= 4 is 0 Å². The summed E-state index contributed by atoms with van der Waals surface area (Å²) in [6.07, 6.45) is 28.0. The van der Waals surface area contributed by atoms with Crippen LogP contribution in [0.5, 0.6) is 0 Å². The van der Waals surface area contributed by atoms with Gasteiger partial charge in [-0.25, -0.2) is 0 Å². The number of fused-ring (bicyclic) bond motifs is 1. The van der Waals surface area contributed by atoms with E-state index in [-0.39, 0.29) is 29.7 Å². The molecule has 5 aliphatic carbocycles. The molecule has 0 aliphatic heterocycles. The fourth-order valence-electron chi connectivity index (χ4n) is 23.8. The standard InChI is InChI=1S/C45H62.C45H64.14C2H6.4CH4/c1-8-32-17-13-14-22-42(32)38-27-40-24-23-37(43-33(9-2)18-15-19-34(43)10-3)25-30(6)45(40)31(7)26-39(29-41(45)28-38)44-35(11-4)20-16-21-36(44)12-5;1-10-34-19-15-16-24-42(34)39-26-32(8)45(31(7)25-30(6)43-35(11-2)20-17-21-36(43)12-3)33(9)27-40(29-41(45)28-39)44-37(13-4)22-18-23-38(44)14-5;14*1-2;;;;/h13-22,30-31,37-41H,8-12,23-29H2,1-7H3;15-24,30-33,39-41H,10-14,25-29H2,1-9H3;14*1-2H3;4*1H4/t30-,31+,37-,38?,39?,40-,41-,45?;30-,31-,32-,33+,39?,40-,41-,45?;;;;;;;;;;;;;;;;;;/m00................../s1. The number of rotatable bonds is 19. The van der Waals surface area contributed by atoms with Crippen LogP contribution in [0.1, 0.15) is 536 Å². The quantitative estimate of drug-likeness (QED) is 0.0758. The maximum Gasteiger partial charge on any atom is -0.0151 e. The summed E-state index contributed by atoms with van der Waals surface area (Å²) in [5.74, 6) is 10.2. The molecule has 0 amide bonds. The third-order valence-electron chi connectivity index (χ3n) is 27.0. The molecule has 5 fully saturated rings. The fraction of sp³-hybridized carbons (Fsp3) is 0.705. The Balaban J connectivity index is -0.000000226. The summed E-state index contributed by atoms with van der Waals surface area (Å²) in [5.41, 5.74) is 27.2. The minimum absolute atomic E-state index is 0. The summed E-state index contributed by atoms with van der Waals surface area (Å²) in [4.78, 5) is 0. The molecule has 0 radical (unpaired) electrons. The molecule has 5 aliphatic rings. The molecule has 6 aromatic carbocycles. The number of hydrogen-bond donors (Lipinski definition) is 0. The fourth-order valence-corrected chi connectivity index (χ4v) is 23.8. The zero-order chi connectivity index (χ0) is 92.0. The lowest BCUT2D eigenvalue weighted by Gasteiger charge is -2.62. The Bertz CT molecular complexity index is 3200. The van der Waals surface area contributed by atoms with E-state index in [1.807, 2.05) is 194 Å². The van der Waals surface area contributed by atoms with Crippen molar-refractivity contribution in [3.05, 3.63) is 210 Å². The van der Waals surface area contributed by atoms with Gasteiger partial charge in [0.1, 0.15) is 0 Å². The van der Waals surface area contributed by atoms with Crippen LogP contribution in [0.3, 0.4) is 0 Å². The van der Waals surface area contributed by atoms with Gasteiger partial charge in [-0.2, -0.15) is 0 Å². The van der Waals surface area contributed by atoms with Crippen LogP contribution in [0.25, 0.3) is 0 Å². The van der Waals surface area contributed by atoms with Gasteiger partial charge >= 0.3 is 0 Å². The number of aryl methyl sites for hydroxylation is 10. The smallest absolute Gasteiger partial charge is 0.0151 e. The molecule has 122 heavy (non-hydrogen) atoms. The van der Waals surface area contributed by atoms with E-state index in [1.165, 1.54) is 77.0 Å². The lowest BCUT2D eigenvalue weighted by atomic mass is 9.42. The molecule has 5 saturated carbocycles. The Morgan fingerprint density at radius 1 is 0.246 bits per heavy atom. The summed E-state index contributed by atoms with van der Waals surface area (Å²) in [7, 11) is 0. The normalized spacial score (nSPS) is 22.7. The van der Waals surface area contributed by atoms with Crippen LogP contribution >= 0.6 is 0 Å². The summed E-state index contributed by atoms with van der Waals surface area (Å²) >= 11 is 0. The maximum atomic E-state index is 2.73. The van der Waals surface area contributed by atoms with Gasteiger partial charge in [0.2, 0.25) is 0 Å². The highest BCUT2D eigenvalue weighted by molar-refractivity contribution is 5.44. The second-order valence-corrected chi connectivity index (χ2v) is 30.8. The Morgan fingerprint density at radius 2 is 0.475 bits per heavy atom.